The van der Waals surface area contributed by atoms with Crippen molar-refractivity contribution in [3.8, 4) is 5.75 Å². The molecule has 1 aromatic carbocycles. The van der Waals surface area contributed by atoms with Gasteiger partial charge in [0.15, 0.2) is 6.10 Å². The van der Waals surface area contributed by atoms with E-state index >= 15 is 0 Å². The molecular formula is C16H18F2N2O5. The number of rotatable bonds is 7. The van der Waals surface area contributed by atoms with E-state index in [1.165, 1.54) is 30.3 Å². The van der Waals surface area contributed by atoms with Crippen LogP contribution in [0, 0.1) is 5.92 Å². The van der Waals surface area contributed by atoms with Crippen molar-refractivity contribution in [2.75, 3.05) is 0 Å². The van der Waals surface area contributed by atoms with Gasteiger partial charge in [0.25, 0.3) is 5.91 Å². The van der Waals surface area contributed by atoms with E-state index in [1.807, 2.05) is 5.32 Å². The van der Waals surface area contributed by atoms with Crippen LogP contribution >= 0.6 is 0 Å². The van der Waals surface area contributed by atoms with Crippen molar-refractivity contribution in [3.05, 3.63) is 35.9 Å². The number of halogens is 2. The first-order chi connectivity index (χ1) is 11.7. The number of esters is 1. The van der Waals surface area contributed by atoms with E-state index in [-0.39, 0.29) is 11.7 Å². The number of alkyl halides is 2. The molecule has 0 aliphatic carbocycles. The molecule has 25 heavy (non-hydrogen) atoms. The average molecular weight is 356 g/mol. The highest BCUT2D eigenvalue weighted by Crippen LogP contribution is 2.16. The zero-order valence-electron chi connectivity index (χ0n) is 13.6. The zero-order valence-corrected chi connectivity index (χ0v) is 13.6. The van der Waals surface area contributed by atoms with Gasteiger partial charge in [-0.1, -0.05) is 26.0 Å². The molecule has 0 aromatic heterocycles. The molecule has 0 radical (unpaired) electrons. The van der Waals surface area contributed by atoms with Gasteiger partial charge in [-0.15, -0.1) is 0 Å². The van der Waals surface area contributed by atoms with Gasteiger partial charge in [0.2, 0.25) is 0 Å². The summed E-state index contributed by atoms with van der Waals surface area (Å²) in [5, 5.41) is 1.85. The second kappa shape index (κ2) is 9.36. The summed E-state index contributed by atoms with van der Waals surface area (Å²) in [6.07, 6.45) is 1.25. The van der Waals surface area contributed by atoms with Crippen LogP contribution in [-0.4, -0.2) is 30.6 Å². The summed E-state index contributed by atoms with van der Waals surface area (Å²) >= 11 is 0. The SMILES string of the molecule is CC(C)C(OC(=O)/C=C/c1ccc(OC(F)F)cc1)C(=O)NC(N)=O. The van der Waals surface area contributed by atoms with Crippen LogP contribution in [0.5, 0.6) is 5.75 Å². The third kappa shape index (κ3) is 7.42. The average Bonchev–Trinajstić information content (AvgIpc) is 2.50. The molecule has 0 spiro atoms. The number of ether oxygens (including phenoxy) is 2. The summed E-state index contributed by atoms with van der Waals surface area (Å²) < 4.78 is 33.3. The summed E-state index contributed by atoms with van der Waals surface area (Å²) in [4.78, 5) is 34.3. The quantitative estimate of drug-likeness (QED) is 0.574. The molecule has 1 unspecified atom stereocenters. The number of imide groups is 1. The minimum atomic E-state index is -2.92. The molecule has 0 saturated carbocycles. The fraction of sp³-hybridized carbons (Fsp3) is 0.312. The number of carbonyl (C=O) groups excluding carboxylic acids is 3. The van der Waals surface area contributed by atoms with Crippen LogP contribution in [0.4, 0.5) is 13.6 Å². The van der Waals surface area contributed by atoms with Crippen molar-refractivity contribution in [2.45, 2.75) is 26.6 Å². The number of primary amides is 1. The van der Waals surface area contributed by atoms with Gasteiger partial charge in [-0.05, 0) is 29.7 Å². The van der Waals surface area contributed by atoms with Crippen LogP contribution in [-0.2, 0) is 14.3 Å². The second-order valence-electron chi connectivity index (χ2n) is 5.24. The maximum atomic E-state index is 12.0. The van der Waals surface area contributed by atoms with Crippen molar-refractivity contribution in [1.29, 1.82) is 0 Å². The third-order valence-electron chi connectivity index (χ3n) is 2.87. The lowest BCUT2D eigenvalue weighted by Crippen LogP contribution is -2.45. The van der Waals surface area contributed by atoms with Crippen molar-refractivity contribution in [2.24, 2.45) is 11.7 Å². The molecule has 1 aromatic rings. The lowest BCUT2D eigenvalue weighted by atomic mass is 10.1. The van der Waals surface area contributed by atoms with Crippen LogP contribution < -0.4 is 15.8 Å². The van der Waals surface area contributed by atoms with Crippen molar-refractivity contribution in [3.63, 3.8) is 0 Å². The fourth-order valence-corrected chi connectivity index (χ4v) is 1.77. The maximum absolute atomic E-state index is 12.0. The number of hydrogen-bond donors (Lipinski definition) is 2. The first-order valence-electron chi connectivity index (χ1n) is 7.23. The Labute approximate surface area is 142 Å². The standard InChI is InChI=1S/C16H18F2N2O5/c1-9(2)13(14(22)20-16(19)23)25-12(21)8-5-10-3-6-11(7-4-10)24-15(17)18/h3-9,13,15H,1-2H3,(H3,19,20,22,23)/b8-5+. The molecule has 0 bridgehead atoms. The number of urea groups is 1. The highest BCUT2D eigenvalue weighted by molar-refractivity contribution is 5.97. The Morgan fingerprint density at radius 3 is 2.24 bits per heavy atom. The van der Waals surface area contributed by atoms with Gasteiger partial charge in [-0.3, -0.25) is 10.1 Å². The van der Waals surface area contributed by atoms with Gasteiger partial charge in [0.05, 0.1) is 0 Å². The van der Waals surface area contributed by atoms with Gasteiger partial charge in [0, 0.05) is 6.08 Å². The Morgan fingerprint density at radius 1 is 1.16 bits per heavy atom. The highest BCUT2D eigenvalue weighted by atomic mass is 19.3. The summed E-state index contributed by atoms with van der Waals surface area (Å²) in [6.45, 7) is 0.337. The minimum absolute atomic E-state index is 0.0160. The molecule has 3 amide bonds. The molecule has 0 aliphatic heterocycles. The number of nitrogens with two attached hydrogens (primary N) is 1. The molecule has 7 nitrogen and oxygen atoms in total. The Balaban J connectivity index is 2.68. The van der Waals surface area contributed by atoms with Crippen molar-refractivity contribution < 1.29 is 32.6 Å². The van der Waals surface area contributed by atoms with E-state index < -0.39 is 30.6 Å². The molecule has 0 aliphatic rings. The number of hydrogen-bond acceptors (Lipinski definition) is 5. The monoisotopic (exact) mass is 356 g/mol. The Hall–Kier alpha value is -2.97. The molecule has 9 heteroatoms. The number of carbonyl (C=O) groups is 3. The Morgan fingerprint density at radius 2 is 1.76 bits per heavy atom. The third-order valence-corrected chi connectivity index (χ3v) is 2.87. The van der Waals surface area contributed by atoms with Gasteiger partial charge in [-0.2, -0.15) is 8.78 Å². The molecule has 3 N–H and O–H groups in total. The molecule has 0 heterocycles. The zero-order chi connectivity index (χ0) is 19.0. The summed E-state index contributed by atoms with van der Waals surface area (Å²) in [5.74, 6) is -2.04. The van der Waals surface area contributed by atoms with E-state index in [2.05, 4.69) is 4.74 Å². The van der Waals surface area contributed by atoms with Crippen LogP contribution in [0.25, 0.3) is 6.08 Å². The lowest BCUT2D eigenvalue weighted by molar-refractivity contribution is -0.153. The smallest absolute Gasteiger partial charge is 0.387 e. The Kier molecular flexibility index (Phi) is 7.51. The van der Waals surface area contributed by atoms with Crippen molar-refractivity contribution >= 4 is 24.0 Å². The maximum Gasteiger partial charge on any atom is 0.387 e. The lowest BCUT2D eigenvalue weighted by Gasteiger charge is -2.18. The first-order valence-corrected chi connectivity index (χ1v) is 7.23. The first kappa shape index (κ1) is 20.1. The molecule has 136 valence electrons. The number of amides is 3. The van der Waals surface area contributed by atoms with Crippen LogP contribution in [0.2, 0.25) is 0 Å². The van der Waals surface area contributed by atoms with E-state index in [0.29, 0.717) is 5.56 Å². The normalized spacial score (nSPS) is 12.2. The van der Waals surface area contributed by atoms with Crippen LogP contribution in [0.3, 0.4) is 0 Å². The topological polar surface area (TPSA) is 108 Å². The predicted octanol–water partition coefficient (Wildman–Crippen LogP) is 2.06. The largest absolute Gasteiger partial charge is 0.449 e. The second-order valence-corrected chi connectivity index (χ2v) is 5.24. The van der Waals surface area contributed by atoms with Crippen molar-refractivity contribution in [1.82, 2.24) is 5.32 Å². The molecule has 1 rings (SSSR count). The summed E-state index contributed by atoms with van der Waals surface area (Å²) in [7, 11) is 0. The van der Waals surface area contributed by atoms with E-state index in [0.717, 1.165) is 6.08 Å². The Bertz CT molecular complexity index is 644. The van der Waals surface area contributed by atoms with Gasteiger partial charge in [0.1, 0.15) is 5.75 Å². The van der Waals surface area contributed by atoms with Gasteiger partial charge < -0.3 is 15.2 Å². The van der Waals surface area contributed by atoms with E-state index in [9.17, 15) is 23.2 Å². The number of nitrogens with one attached hydrogen (secondary N) is 1. The minimum Gasteiger partial charge on any atom is -0.449 e. The summed E-state index contributed by atoms with van der Waals surface area (Å²) in [6, 6.07) is 4.50. The predicted molar refractivity (Wildman–Crippen MR) is 84.6 cm³/mol. The van der Waals surface area contributed by atoms with Gasteiger partial charge in [-0.25, -0.2) is 9.59 Å². The van der Waals surface area contributed by atoms with E-state index in [1.54, 1.807) is 13.8 Å². The summed E-state index contributed by atoms with van der Waals surface area (Å²) in [5.41, 5.74) is 5.39. The molecule has 0 fully saturated rings. The fourth-order valence-electron chi connectivity index (χ4n) is 1.77. The molecular weight excluding hydrogens is 338 g/mol. The highest BCUT2D eigenvalue weighted by Gasteiger charge is 2.26. The number of benzene rings is 1. The molecule has 0 saturated heterocycles. The van der Waals surface area contributed by atoms with E-state index in [4.69, 9.17) is 10.5 Å². The van der Waals surface area contributed by atoms with Crippen LogP contribution in [0.15, 0.2) is 30.3 Å². The van der Waals surface area contributed by atoms with Gasteiger partial charge >= 0.3 is 18.6 Å². The molecule has 1 atom stereocenters. The van der Waals surface area contributed by atoms with Crippen LogP contribution in [0.1, 0.15) is 19.4 Å².